The zero-order chi connectivity index (χ0) is 12.8. The minimum atomic E-state index is -0.704. The van der Waals surface area contributed by atoms with Crippen molar-refractivity contribution in [2.24, 2.45) is 5.73 Å². The normalized spacial score (nSPS) is 9.71. The Hall–Kier alpha value is -2.38. The zero-order valence-corrected chi connectivity index (χ0v) is 8.77. The fraction of sp³-hybridized carbons (Fsp3) is 0.222. The Morgan fingerprint density at radius 1 is 1.41 bits per heavy atom. The molecule has 17 heavy (non-hydrogen) atoms. The first kappa shape index (κ1) is 12.7. The van der Waals surface area contributed by atoms with Gasteiger partial charge in [0.2, 0.25) is 0 Å². The second-order valence-corrected chi connectivity index (χ2v) is 3.17. The monoisotopic (exact) mass is 242 g/mol. The number of halogens is 1. The number of hydrogen-bond donors (Lipinski definition) is 3. The average Bonchev–Trinajstić information content (AvgIpc) is 2.23. The summed E-state index contributed by atoms with van der Waals surface area (Å²) in [5.41, 5.74) is 4.76. The molecule has 7 nitrogen and oxygen atoms in total. The van der Waals surface area contributed by atoms with Gasteiger partial charge in [-0.25, -0.2) is 9.18 Å². The molecule has 0 aliphatic heterocycles. The maximum atomic E-state index is 13.0. The van der Waals surface area contributed by atoms with E-state index in [1.54, 1.807) is 0 Å². The van der Waals surface area contributed by atoms with Gasteiger partial charge in [0.05, 0.1) is 11.0 Å². The number of anilines is 1. The standard InChI is InChI=1S/C9H11FN4O3/c10-6-3-7(5-8(4-6)14(16)17)12-1-2-13-9(11)15/h3-5,12H,1-2H2,(H3,11,13,15). The average molecular weight is 242 g/mol. The molecule has 8 heteroatoms. The van der Waals surface area contributed by atoms with Crippen LogP contribution in [0.1, 0.15) is 0 Å². The van der Waals surface area contributed by atoms with Crippen LogP contribution in [0.15, 0.2) is 18.2 Å². The number of nitro groups is 1. The molecule has 0 bridgehead atoms. The molecule has 0 spiro atoms. The van der Waals surface area contributed by atoms with Crippen LogP contribution in [-0.4, -0.2) is 24.0 Å². The summed E-state index contributed by atoms with van der Waals surface area (Å²) in [7, 11) is 0. The number of benzene rings is 1. The van der Waals surface area contributed by atoms with Crippen molar-refractivity contribution in [3.05, 3.63) is 34.1 Å². The Bertz CT molecular complexity index is 438. The molecule has 1 aromatic carbocycles. The summed E-state index contributed by atoms with van der Waals surface area (Å²) in [5, 5.41) is 15.5. The van der Waals surface area contributed by atoms with Gasteiger partial charge in [0.1, 0.15) is 5.82 Å². The number of nitrogens with zero attached hydrogens (tertiary/aromatic N) is 1. The van der Waals surface area contributed by atoms with Gasteiger partial charge in [-0.15, -0.1) is 0 Å². The van der Waals surface area contributed by atoms with E-state index in [-0.39, 0.29) is 24.5 Å². The molecule has 0 heterocycles. The van der Waals surface area contributed by atoms with Crippen molar-refractivity contribution in [2.75, 3.05) is 18.4 Å². The molecule has 1 rings (SSSR count). The van der Waals surface area contributed by atoms with Gasteiger partial charge in [0.15, 0.2) is 0 Å². The first-order chi connectivity index (χ1) is 7.99. The third-order valence-electron chi connectivity index (χ3n) is 1.85. The lowest BCUT2D eigenvalue weighted by molar-refractivity contribution is -0.385. The molecule has 1 aromatic rings. The highest BCUT2D eigenvalue weighted by atomic mass is 19.1. The second kappa shape index (κ2) is 5.64. The molecule has 0 saturated carbocycles. The third kappa shape index (κ3) is 4.33. The van der Waals surface area contributed by atoms with Crippen LogP contribution in [0.5, 0.6) is 0 Å². The van der Waals surface area contributed by atoms with Crippen molar-refractivity contribution in [1.29, 1.82) is 0 Å². The molecule has 2 amide bonds. The summed E-state index contributed by atoms with van der Waals surface area (Å²) in [6.07, 6.45) is 0. The van der Waals surface area contributed by atoms with E-state index in [4.69, 9.17) is 5.73 Å². The number of hydrogen-bond acceptors (Lipinski definition) is 4. The van der Waals surface area contributed by atoms with Crippen molar-refractivity contribution >= 4 is 17.4 Å². The number of nitrogens with two attached hydrogens (primary N) is 1. The van der Waals surface area contributed by atoms with Gasteiger partial charge in [-0.1, -0.05) is 0 Å². The van der Waals surface area contributed by atoms with Crippen LogP contribution in [0.4, 0.5) is 20.6 Å². The molecule has 0 atom stereocenters. The van der Waals surface area contributed by atoms with Crippen LogP contribution < -0.4 is 16.4 Å². The van der Waals surface area contributed by atoms with Crippen molar-refractivity contribution in [1.82, 2.24) is 5.32 Å². The van der Waals surface area contributed by atoms with Crippen LogP contribution in [-0.2, 0) is 0 Å². The molecule has 0 saturated heterocycles. The smallest absolute Gasteiger partial charge is 0.312 e. The lowest BCUT2D eigenvalue weighted by Gasteiger charge is -2.06. The predicted molar refractivity (Wildman–Crippen MR) is 59.1 cm³/mol. The minimum absolute atomic E-state index is 0.236. The Kier molecular flexibility index (Phi) is 4.21. The maximum absolute atomic E-state index is 13.0. The summed E-state index contributed by atoms with van der Waals surface area (Å²) in [4.78, 5) is 20.1. The van der Waals surface area contributed by atoms with Crippen LogP contribution >= 0.6 is 0 Å². The Morgan fingerprint density at radius 3 is 2.71 bits per heavy atom. The van der Waals surface area contributed by atoms with E-state index >= 15 is 0 Å². The number of amides is 2. The SMILES string of the molecule is NC(=O)NCCNc1cc(F)cc([N+](=O)[O-])c1. The van der Waals surface area contributed by atoms with Crippen molar-refractivity contribution in [2.45, 2.75) is 0 Å². The van der Waals surface area contributed by atoms with E-state index in [1.807, 2.05) is 0 Å². The van der Waals surface area contributed by atoms with Crippen molar-refractivity contribution in [3.8, 4) is 0 Å². The van der Waals surface area contributed by atoms with Gasteiger partial charge in [-0.2, -0.15) is 0 Å². The summed E-state index contributed by atoms with van der Waals surface area (Å²) in [5.74, 6) is -0.704. The van der Waals surface area contributed by atoms with Gasteiger partial charge in [-0.05, 0) is 6.07 Å². The molecular weight excluding hydrogens is 231 g/mol. The van der Waals surface area contributed by atoms with E-state index in [2.05, 4.69) is 10.6 Å². The van der Waals surface area contributed by atoms with Gasteiger partial charge in [-0.3, -0.25) is 10.1 Å². The van der Waals surface area contributed by atoms with Crippen molar-refractivity contribution in [3.63, 3.8) is 0 Å². The highest BCUT2D eigenvalue weighted by molar-refractivity contribution is 5.71. The van der Waals surface area contributed by atoms with Gasteiger partial charge >= 0.3 is 6.03 Å². The maximum Gasteiger partial charge on any atom is 0.312 e. The largest absolute Gasteiger partial charge is 0.383 e. The first-order valence-electron chi connectivity index (χ1n) is 4.71. The molecule has 0 aliphatic rings. The number of rotatable bonds is 5. The number of nitrogens with one attached hydrogen (secondary N) is 2. The molecule has 0 aromatic heterocycles. The Morgan fingerprint density at radius 2 is 2.12 bits per heavy atom. The van der Waals surface area contributed by atoms with E-state index in [0.29, 0.717) is 0 Å². The highest BCUT2D eigenvalue weighted by Gasteiger charge is 2.09. The number of primary amides is 1. The van der Waals surface area contributed by atoms with Gasteiger partial charge < -0.3 is 16.4 Å². The fourth-order valence-corrected chi connectivity index (χ4v) is 1.17. The Labute approximate surface area is 95.9 Å². The Balaban J connectivity index is 2.59. The van der Waals surface area contributed by atoms with Crippen LogP contribution in [0.3, 0.4) is 0 Å². The van der Waals surface area contributed by atoms with Crippen molar-refractivity contribution < 1.29 is 14.1 Å². The van der Waals surface area contributed by atoms with E-state index in [9.17, 15) is 19.3 Å². The van der Waals surface area contributed by atoms with E-state index < -0.39 is 16.8 Å². The summed E-state index contributed by atoms with van der Waals surface area (Å²) in [6, 6.07) is 2.48. The first-order valence-corrected chi connectivity index (χ1v) is 4.71. The number of nitro benzene ring substituents is 1. The number of non-ortho nitro benzene ring substituents is 1. The molecule has 0 radical (unpaired) electrons. The van der Waals surface area contributed by atoms with Gasteiger partial charge in [0.25, 0.3) is 5.69 Å². The summed E-state index contributed by atoms with van der Waals surface area (Å²) < 4.78 is 13.0. The highest BCUT2D eigenvalue weighted by Crippen LogP contribution is 2.19. The molecule has 4 N–H and O–H groups in total. The quantitative estimate of drug-likeness (QED) is 0.403. The molecule has 0 aliphatic carbocycles. The van der Waals surface area contributed by atoms with Crippen LogP contribution in [0.2, 0.25) is 0 Å². The number of carbonyl (C=O) groups is 1. The fourth-order valence-electron chi connectivity index (χ4n) is 1.17. The molecular formula is C9H11FN4O3. The predicted octanol–water partition coefficient (Wildman–Crippen LogP) is 0.814. The van der Waals surface area contributed by atoms with E-state index in [1.165, 1.54) is 6.07 Å². The molecule has 92 valence electrons. The van der Waals surface area contributed by atoms with E-state index in [0.717, 1.165) is 12.1 Å². The zero-order valence-electron chi connectivity index (χ0n) is 8.77. The minimum Gasteiger partial charge on any atom is -0.383 e. The molecule has 0 unspecified atom stereocenters. The lowest BCUT2D eigenvalue weighted by Crippen LogP contribution is -2.33. The topological polar surface area (TPSA) is 110 Å². The van der Waals surface area contributed by atoms with Crippen LogP contribution in [0, 0.1) is 15.9 Å². The summed E-state index contributed by atoms with van der Waals surface area (Å²) in [6.45, 7) is 0.517. The van der Waals surface area contributed by atoms with Gasteiger partial charge in [0, 0.05) is 24.8 Å². The van der Waals surface area contributed by atoms with Crippen LogP contribution in [0.25, 0.3) is 0 Å². The third-order valence-corrected chi connectivity index (χ3v) is 1.85. The second-order valence-electron chi connectivity index (χ2n) is 3.17. The lowest BCUT2D eigenvalue weighted by atomic mass is 10.2. The number of urea groups is 1. The molecule has 0 fully saturated rings. The summed E-state index contributed by atoms with van der Waals surface area (Å²) >= 11 is 0. The number of carbonyl (C=O) groups excluding carboxylic acids is 1.